The van der Waals surface area contributed by atoms with Crippen molar-refractivity contribution in [2.24, 2.45) is 0 Å². The number of allylic oxidation sites excluding steroid dienone is 1. The smallest absolute Gasteiger partial charge is 0.185 e. The third-order valence-electron chi connectivity index (χ3n) is 4.45. The third-order valence-corrected chi connectivity index (χ3v) is 4.45. The van der Waals surface area contributed by atoms with Crippen LogP contribution in [0.1, 0.15) is 37.8 Å². The zero-order valence-electron chi connectivity index (χ0n) is 13.8. The Hall–Kier alpha value is -3.02. The number of benzene rings is 1. The van der Waals surface area contributed by atoms with E-state index in [0.29, 0.717) is 11.4 Å². The Morgan fingerprint density at radius 3 is 2.64 bits per heavy atom. The number of nitrogens with zero attached hydrogens (tertiary/aromatic N) is 5. The van der Waals surface area contributed by atoms with Crippen LogP contribution in [0.4, 0.5) is 0 Å². The molecule has 126 valence electrons. The van der Waals surface area contributed by atoms with E-state index in [1.807, 2.05) is 16.8 Å². The fourth-order valence-electron chi connectivity index (χ4n) is 3.11. The lowest BCUT2D eigenvalue weighted by Crippen LogP contribution is -1.98. The molecule has 0 amide bonds. The number of hydrogen-bond donors (Lipinski definition) is 1. The van der Waals surface area contributed by atoms with Crippen molar-refractivity contribution in [3.05, 3.63) is 54.4 Å². The molecule has 25 heavy (non-hydrogen) atoms. The minimum absolute atomic E-state index is 0.117. The van der Waals surface area contributed by atoms with Gasteiger partial charge in [-0.1, -0.05) is 12.0 Å². The molecule has 6 heteroatoms. The molecule has 1 saturated carbocycles. The first-order valence-electron chi connectivity index (χ1n) is 8.50. The number of rotatable bonds is 3. The van der Waals surface area contributed by atoms with E-state index in [1.165, 1.54) is 24.8 Å². The number of aromatic nitrogens is 5. The number of phenolic OH excluding ortho intramolecular Hbond substituents is 1. The van der Waals surface area contributed by atoms with Crippen LogP contribution in [0.2, 0.25) is 0 Å². The van der Waals surface area contributed by atoms with Gasteiger partial charge in [-0.25, -0.2) is 9.97 Å². The Morgan fingerprint density at radius 2 is 1.96 bits per heavy atom. The predicted molar refractivity (Wildman–Crippen MR) is 95.1 cm³/mol. The van der Waals surface area contributed by atoms with Crippen molar-refractivity contribution in [1.82, 2.24) is 24.7 Å². The Labute approximate surface area is 145 Å². The maximum atomic E-state index is 10.3. The van der Waals surface area contributed by atoms with E-state index in [-0.39, 0.29) is 5.75 Å². The highest BCUT2D eigenvalue weighted by Crippen LogP contribution is 2.29. The summed E-state index contributed by atoms with van der Waals surface area (Å²) in [6, 6.07) is 5.34. The van der Waals surface area contributed by atoms with E-state index in [2.05, 4.69) is 26.2 Å². The van der Waals surface area contributed by atoms with Gasteiger partial charge in [-0.15, -0.1) is 10.2 Å². The summed E-state index contributed by atoms with van der Waals surface area (Å²) in [4.78, 5) is 8.38. The number of phenols is 1. The van der Waals surface area contributed by atoms with Crippen molar-refractivity contribution >= 4 is 6.08 Å². The van der Waals surface area contributed by atoms with Gasteiger partial charge in [0.2, 0.25) is 0 Å². The zero-order valence-corrected chi connectivity index (χ0v) is 13.8. The molecular formula is C19H19N5O. The first kappa shape index (κ1) is 15.5. The summed E-state index contributed by atoms with van der Waals surface area (Å²) in [5, 5.41) is 18.8. The van der Waals surface area contributed by atoms with Gasteiger partial charge in [-0.2, -0.15) is 0 Å². The van der Waals surface area contributed by atoms with Crippen LogP contribution in [0.25, 0.3) is 23.2 Å². The summed E-state index contributed by atoms with van der Waals surface area (Å²) < 4.78 is 1.82. The number of imidazole rings is 1. The molecule has 3 aromatic rings. The Kier molecular flexibility index (Phi) is 4.24. The van der Waals surface area contributed by atoms with Crippen molar-refractivity contribution in [2.45, 2.75) is 32.1 Å². The van der Waals surface area contributed by atoms with Crippen LogP contribution in [-0.2, 0) is 0 Å². The van der Waals surface area contributed by atoms with Gasteiger partial charge in [0.1, 0.15) is 11.4 Å². The lowest BCUT2D eigenvalue weighted by molar-refractivity contribution is 0.476. The molecule has 1 aliphatic carbocycles. The monoisotopic (exact) mass is 333 g/mol. The summed E-state index contributed by atoms with van der Waals surface area (Å²) in [5.41, 5.74) is 3.58. The van der Waals surface area contributed by atoms with E-state index in [1.54, 1.807) is 30.9 Å². The van der Waals surface area contributed by atoms with Crippen LogP contribution >= 0.6 is 0 Å². The SMILES string of the molecule is Oc1cc(-n2ccnc2)ccc1-c1ncc(C=C2CCCCC2)nn1. The van der Waals surface area contributed by atoms with Crippen LogP contribution < -0.4 is 0 Å². The van der Waals surface area contributed by atoms with Crippen LogP contribution in [0.5, 0.6) is 5.75 Å². The zero-order chi connectivity index (χ0) is 17.1. The molecule has 2 heterocycles. The normalized spacial score (nSPS) is 14.5. The predicted octanol–water partition coefficient (Wildman–Crippen LogP) is 3.78. The highest BCUT2D eigenvalue weighted by Gasteiger charge is 2.10. The molecule has 6 nitrogen and oxygen atoms in total. The Morgan fingerprint density at radius 1 is 1.08 bits per heavy atom. The second kappa shape index (κ2) is 6.84. The molecule has 0 unspecified atom stereocenters. The number of hydrogen-bond acceptors (Lipinski definition) is 5. The molecule has 0 radical (unpaired) electrons. The Bertz CT molecular complexity index is 877. The highest BCUT2D eigenvalue weighted by molar-refractivity contribution is 5.66. The lowest BCUT2D eigenvalue weighted by atomic mass is 9.94. The largest absolute Gasteiger partial charge is 0.507 e. The van der Waals surface area contributed by atoms with E-state index < -0.39 is 0 Å². The van der Waals surface area contributed by atoms with Gasteiger partial charge in [-0.3, -0.25) is 0 Å². The van der Waals surface area contributed by atoms with Gasteiger partial charge in [0.25, 0.3) is 0 Å². The average Bonchev–Trinajstić information content (AvgIpc) is 3.18. The number of aromatic hydroxyl groups is 1. The van der Waals surface area contributed by atoms with Crippen molar-refractivity contribution < 1.29 is 5.11 Å². The molecule has 2 aromatic heterocycles. The van der Waals surface area contributed by atoms with Crippen LogP contribution in [-0.4, -0.2) is 29.8 Å². The van der Waals surface area contributed by atoms with Crippen LogP contribution in [0.3, 0.4) is 0 Å². The van der Waals surface area contributed by atoms with Crippen LogP contribution in [0, 0.1) is 0 Å². The molecule has 0 atom stereocenters. The Balaban J connectivity index is 1.57. The van der Waals surface area contributed by atoms with Gasteiger partial charge in [0.05, 0.1) is 23.8 Å². The standard InChI is InChI=1S/C19H19N5O/c25-18-11-16(24-9-8-20-13-24)6-7-17(18)19-21-12-15(22-23-19)10-14-4-2-1-3-5-14/h6-13,25H,1-5H2. The van der Waals surface area contributed by atoms with Gasteiger partial charge in [0.15, 0.2) is 5.82 Å². The van der Waals surface area contributed by atoms with Crippen molar-refractivity contribution in [2.75, 3.05) is 0 Å². The summed E-state index contributed by atoms with van der Waals surface area (Å²) >= 11 is 0. The first-order valence-corrected chi connectivity index (χ1v) is 8.50. The molecular weight excluding hydrogens is 314 g/mol. The van der Waals surface area contributed by atoms with Gasteiger partial charge in [0, 0.05) is 18.5 Å². The molecule has 1 aliphatic rings. The quantitative estimate of drug-likeness (QED) is 0.789. The summed E-state index contributed by atoms with van der Waals surface area (Å²) in [5.74, 6) is 0.534. The van der Waals surface area contributed by atoms with Crippen molar-refractivity contribution in [1.29, 1.82) is 0 Å². The molecule has 0 saturated heterocycles. The minimum atomic E-state index is 0.117. The lowest BCUT2D eigenvalue weighted by Gasteiger charge is -2.12. The molecule has 0 spiro atoms. The maximum Gasteiger partial charge on any atom is 0.185 e. The molecule has 1 fully saturated rings. The van der Waals surface area contributed by atoms with Crippen molar-refractivity contribution in [3.8, 4) is 22.8 Å². The van der Waals surface area contributed by atoms with Crippen molar-refractivity contribution in [3.63, 3.8) is 0 Å². The topological polar surface area (TPSA) is 76.7 Å². The summed E-state index contributed by atoms with van der Waals surface area (Å²) in [7, 11) is 0. The maximum absolute atomic E-state index is 10.3. The van der Waals surface area contributed by atoms with E-state index in [0.717, 1.165) is 24.2 Å². The van der Waals surface area contributed by atoms with E-state index >= 15 is 0 Å². The van der Waals surface area contributed by atoms with Crippen LogP contribution in [0.15, 0.2) is 48.7 Å². The fraction of sp³-hybridized carbons (Fsp3) is 0.263. The summed E-state index contributed by atoms with van der Waals surface area (Å²) in [6.07, 6.45) is 15.1. The summed E-state index contributed by atoms with van der Waals surface area (Å²) in [6.45, 7) is 0. The second-order valence-electron chi connectivity index (χ2n) is 6.24. The molecule has 1 N–H and O–H groups in total. The third kappa shape index (κ3) is 3.42. The van der Waals surface area contributed by atoms with E-state index in [4.69, 9.17) is 0 Å². The van der Waals surface area contributed by atoms with Gasteiger partial charge in [-0.05, 0) is 43.9 Å². The minimum Gasteiger partial charge on any atom is -0.507 e. The average molecular weight is 333 g/mol. The fourth-order valence-corrected chi connectivity index (χ4v) is 3.11. The molecule has 1 aromatic carbocycles. The first-order chi connectivity index (χ1) is 12.3. The van der Waals surface area contributed by atoms with Gasteiger partial charge >= 0.3 is 0 Å². The highest BCUT2D eigenvalue weighted by atomic mass is 16.3. The molecule has 4 rings (SSSR count). The van der Waals surface area contributed by atoms with Gasteiger partial charge < -0.3 is 9.67 Å². The second-order valence-corrected chi connectivity index (χ2v) is 6.24. The van der Waals surface area contributed by atoms with E-state index in [9.17, 15) is 5.11 Å². The molecule has 0 bridgehead atoms. The molecule has 0 aliphatic heterocycles.